The lowest BCUT2D eigenvalue weighted by Crippen LogP contribution is -2.11. The summed E-state index contributed by atoms with van der Waals surface area (Å²) in [4.78, 5) is 0. The SMILES string of the molecule is N[C@H](c1ccsc1)c1c(O)cc(O)cc1O. The van der Waals surface area contributed by atoms with Gasteiger partial charge in [0, 0.05) is 12.1 Å². The van der Waals surface area contributed by atoms with Crippen molar-refractivity contribution in [1.29, 1.82) is 0 Å². The van der Waals surface area contributed by atoms with Gasteiger partial charge in [-0.05, 0) is 22.4 Å². The summed E-state index contributed by atoms with van der Waals surface area (Å²) in [5, 5.41) is 32.2. The normalized spacial score (nSPS) is 12.6. The molecule has 0 saturated heterocycles. The summed E-state index contributed by atoms with van der Waals surface area (Å²) in [6, 6.07) is 3.52. The Hall–Kier alpha value is -1.72. The van der Waals surface area contributed by atoms with Crippen molar-refractivity contribution in [3.63, 3.8) is 0 Å². The Labute approximate surface area is 96.2 Å². The second-order valence-corrected chi connectivity index (χ2v) is 4.21. The highest BCUT2D eigenvalue weighted by molar-refractivity contribution is 7.08. The lowest BCUT2D eigenvalue weighted by atomic mass is 10.00. The van der Waals surface area contributed by atoms with Crippen molar-refractivity contribution in [2.45, 2.75) is 6.04 Å². The highest BCUT2D eigenvalue weighted by Crippen LogP contribution is 2.38. The van der Waals surface area contributed by atoms with Gasteiger partial charge in [-0.2, -0.15) is 11.3 Å². The second-order valence-electron chi connectivity index (χ2n) is 3.43. The van der Waals surface area contributed by atoms with Crippen LogP contribution in [0, 0.1) is 0 Å². The smallest absolute Gasteiger partial charge is 0.128 e. The van der Waals surface area contributed by atoms with Gasteiger partial charge in [0.1, 0.15) is 17.2 Å². The molecule has 0 saturated carbocycles. The van der Waals surface area contributed by atoms with Gasteiger partial charge in [0.05, 0.1) is 11.6 Å². The second kappa shape index (κ2) is 4.03. The number of hydrogen-bond acceptors (Lipinski definition) is 5. The van der Waals surface area contributed by atoms with Crippen molar-refractivity contribution in [2.24, 2.45) is 5.73 Å². The van der Waals surface area contributed by atoms with Crippen LogP contribution in [-0.2, 0) is 0 Å². The van der Waals surface area contributed by atoms with E-state index in [2.05, 4.69) is 0 Å². The van der Waals surface area contributed by atoms with Gasteiger partial charge < -0.3 is 21.1 Å². The first kappa shape index (κ1) is 10.8. The van der Waals surface area contributed by atoms with Gasteiger partial charge in [-0.25, -0.2) is 0 Å². The minimum atomic E-state index is -0.605. The van der Waals surface area contributed by atoms with Crippen LogP contribution in [0.5, 0.6) is 17.2 Å². The van der Waals surface area contributed by atoms with E-state index in [0.717, 1.165) is 17.7 Å². The zero-order valence-electron chi connectivity index (χ0n) is 8.29. The van der Waals surface area contributed by atoms with Crippen LogP contribution in [0.3, 0.4) is 0 Å². The topological polar surface area (TPSA) is 86.7 Å². The molecular formula is C11H11NO3S. The molecule has 0 fully saturated rings. The summed E-state index contributed by atoms with van der Waals surface area (Å²) >= 11 is 1.48. The van der Waals surface area contributed by atoms with E-state index in [0.29, 0.717) is 0 Å². The number of thiophene rings is 1. The third-order valence-electron chi connectivity index (χ3n) is 2.33. The Kier molecular flexibility index (Phi) is 2.72. The van der Waals surface area contributed by atoms with Crippen molar-refractivity contribution >= 4 is 11.3 Å². The van der Waals surface area contributed by atoms with Crippen LogP contribution < -0.4 is 5.73 Å². The van der Waals surface area contributed by atoms with Gasteiger partial charge in [-0.1, -0.05) is 0 Å². The molecule has 5 N–H and O–H groups in total. The molecule has 2 aromatic rings. The first-order valence-corrected chi connectivity index (χ1v) is 5.56. The Bertz CT molecular complexity index is 473. The van der Waals surface area contributed by atoms with Gasteiger partial charge in [0.25, 0.3) is 0 Å². The molecule has 1 aromatic carbocycles. The molecule has 4 nitrogen and oxygen atoms in total. The fourth-order valence-corrected chi connectivity index (χ4v) is 2.24. The lowest BCUT2D eigenvalue weighted by molar-refractivity contribution is 0.416. The summed E-state index contributed by atoms with van der Waals surface area (Å²) < 4.78 is 0. The number of aromatic hydroxyl groups is 3. The van der Waals surface area contributed by atoms with Crippen LogP contribution in [0.15, 0.2) is 29.0 Å². The molecule has 1 atom stereocenters. The summed E-state index contributed by atoms with van der Waals surface area (Å²) in [6.45, 7) is 0. The lowest BCUT2D eigenvalue weighted by Gasteiger charge is -2.14. The van der Waals surface area contributed by atoms with Crippen molar-refractivity contribution in [3.8, 4) is 17.2 Å². The zero-order chi connectivity index (χ0) is 11.7. The van der Waals surface area contributed by atoms with E-state index in [4.69, 9.17) is 5.73 Å². The van der Waals surface area contributed by atoms with Crippen LogP contribution in [-0.4, -0.2) is 15.3 Å². The number of rotatable bonds is 2. The average Bonchev–Trinajstić information content (AvgIpc) is 2.67. The van der Waals surface area contributed by atoms with E-state index in [1.165, 1.54) is 11.3 Å². The van der Waals surface area contributed by atoms with Crippen LogP contribution in [0.1, 0.15) is 17.2 Å². The molecular weight excluding hydrogens is 226 g/mol. The Morgan fingerprint density at radius 2 is 1.75 bits per heavy atom. The molecule has 0 aliphatic heterocycles. The Morgan fingerprint density at radius 1 is 1.12 bits per heavy atom. The molecule has 0 aliphatic carbocycles. The van der Waals surface area contributed by atoms with Gasteiger partial charge in [-0.15, -0.1) is 0 Å². The number of phenolic OH excluding ortho intramolecular Hbond substituents is 3. The summed E-state index contributed by atoms with van der Waals surface area (Å²) in [6.07, 6.45) is 0. The van der Waals surface area contributed by atoms with Crippen LogP contribution in [0.4, 0.5) is 0 Å². The predicted octanol–water partition coefficient (Wildman–Crippen LogP) is 1.91. The minimum absolute atomic E-state index is 0.198. The molecule has 0 radical (unpaired) electrons. The van der Waals surface area contributed by atoms with Gasteiger partial charge in [0.2, 0.25) is 0 Å². The van der Waals surface area contributed by atoms with Crippen molar-refractivity contribution in [2.75, 3.05) is 0 Å². The molecule has 0 bridgehead atoms. The molecule has 16 heavy (non-hydrogen) atoms. The first-order valence-electron chi connectivity index (χ1n) is 4.62. The van der Waals surface area contributed by atoms with Crippen LogP contribution in [0.25, 0.3) is 0 Å². The maximum Gasteiger partial charge on any atom is 0.128 e. The van der Waals surface area contributed by atoms with E-state index < -0.39 is 6.04 Å². The van der Waals surface area contributed by atoms with E-state index in [9.17, 15) is 15.3 Å². The third kappa shape index (κ3) is 1.82. The molecule has 1 aromatic heterocycles. The molecule has 0 unspecified atom stereocenters. The van der Waals surface area contributed by atoms with E-state index in [1.54, 1.807) is 0 Å². The summed E-state index contributed by atoms with van der Waals surface area (Å²) in [5.41, 5.74) is 6.94. The molecule has 84 valence electrons. The fraction of sp³-hybridized carbons (Fsp3) is 0.0909. The molecule has 0 aliphatic rings. The third-order valence-corrected chi connectivity index (χ3v) is 3.04. The molecule has 0 amide bonds. The molecule has 5 heteroatoms. The van der Waals surface area contributed by atoms with E-state index in [1.807, 2.05) is 16.8 Å². The van der Waals surface area contributed by atoms with Crippen LogP contribution >= 0.6 is 11.3 Å². The molecule has 1 heterocycles. The molecule has 2 rings (SSSR count). The van der Waals surface area contributed by atoms with E-state index in [-0.39, 0.29) is 22.8 Å². The summed E-state index contributed by atoms with van der Waals surface area (Å²) in [7, 11) is 0. The predicted molar refractivity (Wildman–Crippen MR) is 61.8 cm³/mol. The molecule has 0 spiro atoms. The number of hydrogen-bond donors (Lipinski definition) is 4. The fourth-order valence-electron chi connectivity index (χ4n) is 1.55. The van der Waals surface area contributed by atoms with Crippen molar-refractivity contribution < 1.29 is 15.3 Å². The average molecular weight is 237 g/mol. The van der Waals surface area contributed by atoms with E-state index >= 15 is 0 Å². The zero-order valence-corrected chi connectivity index (χ0v) is 9.11. The largest absolute Gasteiger partial charge is 0.508 e. The minimum Gasteiger partial charge on any atom is -0.508 e. The maximum atomic E-state index is 9.64. The van der Waals surface area contributed by atoms with Crippen molar-refractivity contribution in [1.82, 2.24) is 0 Å². The monoisotopic (exact) mass is 237 g/mol. The standard InChI is InChI=1S/C11H11NO3S/c12-11(6-1-2-16-5-6)10-8(14)3-7(13)4-9(10)15/h1-5,11,13-15H,12H2/t11-/m1/s1. The highest BCUT2D eigenvalue weighted by atomic mass is 32.1. The van der Waals surface area contributed by atoms with Gasteiger partial charge >= 0.3 is 0 Å². The maximum absolute atomic E-state index is 9.64. The number of benzene rings is 1. The Morgan fingerprint density at radius 3 is 2.25 bits per heavy atom. The number of nitrogens with two attached hydrogens (primary N) is 1. The summed E-state index contributed by atoms with van der Waals surface area (Å²) in [5.74, 6) is -0.622. The Balaban J connectivity index is 2.48. The van der Waals surface area contributed by atoms with Crippen molar-refractivity contribution in [3.05, 3.63) is 40.1 Å². The highest BCUT2D eigenvalue weighted by Gasteiger charge is 2.18. The van der Waals surface area contributed by atoms with Crippen LogP contribution in [0.2, 0.25) is 0 Å². The quantitative estimate of drug-likeness (QED) is 0.642. The van der Waals surface area contributed by atoms with Gasteiger partial charge in [-0.3, -0.25) is 0 Å². The first-order chi connectivity index (χ1) is 7.59. The van der Waals surface area contributed by atoms with Gasteiger partial charge in [0.15, 0.2) is 0 Å². The number of phenols is 3.